The van der Waals surface area contributed by atoms with Crippen molar-refractivity contribution in [1.82, 2.24) is 9.88 Å². The predicted octanol–water partition coefficient (Wildman–Crippen LogP) is 4.34. The van der Waals surface area contributed by atoms with E-state index in [1.54, 1.807) is 25.2 Å². The van der Waals surface area contributed by atoms with Crippen LogP contribution in [0.4, 0.5) is 23.7 Å². The van der Waals surface area contributed by atoms with Gasteiger partial charge < -0.3 is 15.0 Å². The van der Waals surface area contributed by atoms with E-state index in [0.29, 0.717) is 17.3 Å². The first-order valence-electron chi connectivity index (χ1n) is 7.15. The molecule has 25 heavy (non-hydrogen) atoms. The minimum Gasteiger partial charge on any atom is -0.468 e. The molecule has 0 saturated carbocycles. The van der Waals surface area contributed by atoms with E-state index < -0.39 is 18.8 Å². The molecule has 1 heterocycles. The summed E-state index contributed by atoms with van der Waals surface area (Å²) in [5.41, 5.74) is 1.20. The van der Waals surface area contributed by atoms with Crippen LogP contribution in [0.2, 0.25) is 5.02 Å². The van der Waals surface area contributed by atoms with Gasteiger partial charge in [-0.05, 0) is 23.8 Å². The number of alkyl halides is 3. The highest BCUT2D eigenvalue weighted by Gasteiger charge is 2.28. The summed E-state index contributed by atoms with van der Waals surface area (Å²) in [6.07, 6.45) is -3.21. The third kappa shape index (κ3) is 6.50. The lowest BCUT2D eigenvalue weighted by atomic mass is 10.2. The number of nitrogens with one attached hydrogen (secondary N) is 1. The molecule has 0 saturated heterocycles. The minimum atomic E-state index is -4.43. The fraction of sp³-hybridized carbons (Fsp3) is 0.250. The van der Waals surface area contributed by atoms with Crippen molar-refractivity contribution in [1.29, 1.82) is 0 Å². The van der Waals surface area contributed by atoms with Crippen LogP contribution in [0.15, 0.2) is 42.6 Å². The molecule has 1 aromatic carbocycles. The number of amides is 2. The zero-order valence-corrected chi connectivity index (χ0v) is 13.9. The smallest absolute Gasteiger partial charge is 0.422 e. The summed E-state index contributed by atoms with van der Waals surface area (Å²) < 4.78 is 40.7. The minimum absolute atomic E-state index is 0.178. The van der Waals surface area contributed by atoms with Gasteiger partial charge in [-0.25, -0.2) is 9.78 Å². The van der Waals surface area contributed by atoms with Crippen molar-refractivity contribution in [3.8, 4) is 5.88 Å². The van der Waals surface area contributed by atoms with Crippen molar-refractivity contribution < 1.29 is 22.7 Å². The van der Waals surface area contributed by atoms with Gasteiger partial charge in [-0.3, -0.25) is 0 Å². The molecular weight excluding hydrogens is 359 g/mol. The van der Waals surface area contributed by atoms with Crippen molar-refractivity contribution in [3.05, 3.63) is 53.2 Å². The summed E-state index contributed by atoms with van der Waals surface area (Å²) in [5.74, 6) is -0.178. The average Bonchev–Trinajstić information content (AvgIpc) is 2.53. The zero-order valence-electron chi connectivity index (χ0n) is 13.2. The Balaban J connectivity index is 1.89. The number of hydrogen-bond donors (Lipinski definition) is 1. The number of carbonyl (C=O) groups is 1. The fourth-order valence-electron chi connectivity index (χ4n) is 1.90. The van der Waals surface area contributed by atoms with Crippen molar-refractivity contribution in [3.63, 3.8) is 0 Å². The first-order valence-corrected chi connectivity index (χ1v) is 7.53. The van der Waals surface area contributed by atoms with Gasteiger partial charge in [0, 0.05) is 24.7 Å². The molecule has 0 bridgehead atoms. The van der Waals surface area contributed by atoms with Gasteiger partial charge in [-0.15, -0.1) is 0 Å². The molecule has 0 unspecified atom stereocenters. The Morgan fingerprint density at radius 2 is 2.08 bits per heavy atom. The van der Waals surface area contributed by atoms with Gasteiger partial charge in [0.15, 0.2) is 6.61 Å². The summed E-state index contributed by atoms with van der Waals surface area (Å²) in [7, 11) is 1.60. The molecule has 0 atom stereocenters. The Morgan fingerprint density at radius 1 is 1.32 bits per heavy atom. The van der Waals surface area contributed by atoms with E-state index in [9.17, 15) is 18.0 Å². The molecule has 1 N–H and O–H groups in total. The topological polar surface area (TPSA) is 54.5 Å². The molecule has 2 rings (SSSR count). The second-order valence-corrected chi connectivity index (χ2v) is 5.64. The number of nitrogens with zero attached hydrogens (tertiary/aromatic N) is 2. The van der Waals surface area contributed by atoms with E-state index in [1.807, 2.05) is 6.07 Å². The van der Waals surface area contributed by atoms with Crippen molar-refractivity contribution in [2.45, 2.75) is 12.7 Å². The van der Waals surface area contributed by atoms with Crippen LogP contribution in [0.5, 0.6) is 5.88 Å². The summed E-state index contributed by atoms with van der Waals surface area (Å²) in [6, 6.07) is 9.36. The van der Waals surface area contributed by atoms with E-state index in [2.05, 4.69) is 15.0 Å². The standard InChI is InChI=1S/C16H15ClF3N3O2/c1-23(9-11-3-2-4-12(17)7-11)15(24)22-13-5-6-14(21-8-13)25-10-16(18,19)20/h2-8H,9-10H2,1H3,(H,22,24). The van der Waals surface area contributed by atoms with Crippen molar-refractivity contribution >= 4 is 23.3 Å². The predicted molar refractivity (Wildman–Crippen MR) is 87.7 cm³/mol. The normalized spacial score (nSPS) is 11.1. The van der Waals surface area contributed by atoms with Gasteiger partial charge >= 0.3 is 12.2 Å². The van der Waals surface area contributed by atoms with E-state index in [4.69, 9.17) is 11.6 Å². The van der Waals surface area contributed by atoms with Crippen LogP contribution in [0.25, 0.3) is 0 Å². The Hall–Kier alpha value is -2.48. The van der Waals surface area contributed by atoms with Crippen LogP contribution >= 0.6 is 11.6 Å². The van der Waals surface area contributed by atoms with E-state index >= 15 is 0 Å². The largest absolute Gasteiger partial charge is 0.468 e. The summed E-state index contributed by atoms with van der Waals surface area (Å²) in [4.78, 5) is 17.3. The molecule has 0 radical (unpaired) electrons. The number of carbonyl (C=O) groups excluding carboxylic acids is 1. The average molecular weight is 374 g/mol. The number of urea groups is 1. The van der Waals surface area contributed by atoms with Crippen LogP contribution < -0.4 is 10.1 Å². The highest BCUT2D eigenvalue weighted by Crippen LogP contribution is 2.18. The maximum Gasteiger partial charge on any atom is 0.422 e. The second-order valence-electron chi connectivity index (χ2n) is 5.21. The van der Waals surface area contributed by atoms with Crippen LogP contribution in [-0.2, 0) is 6.54 Å². The third-order valence-corrected chi connectivity index (χ3v) is 3.26. The lowest BCUT2D eigenvalue weighted by Crippen LogP contribution is -2.30. The number of benzene rings is 1. The Morgan fingerprint density at radius 3 is 2.68 bits per heavy atom. The molecule has 0 aliphatic heterocycles. The number of pyridine rings is 1. The second kappa shape index (κ2) is 8.06. The number of anilines is 1. The number of halogens is 4. The maximum atomic E-state index is 12.1. The van der Waals surface area contributed by atoms with E-state index in [0.717, 1.165) is 5.56 Å². The van der Waals surface area contributed by atoms with Crippen molar-refractivity contribution in [2.75, 3.05) is 19.0 Å². The number of hydrogen-bond acceptors (Lipinski definition) is 3. The maximum absolute atomic E-state index is 12.1. The van der Waals surface area contributed by atoms with Crippen molar-refractivity contribution in [2.24, 2.45) is 0 Å². The molecule has 0 aliphatic rings. The Bertz CT molecular complexity index is 723. The van der Waals surface area contributed by atoms with Crippen LogP contribution in [0.3, 0.4) is 0 Å². The van der Waals surface area contributed by atoms with Gasteiger partial charge in [0.2, 0.25) is 5.88 Å². The highest BCUT2D eigenvalue weighted by atomic mass is 35.5. The molecular formula is C16H15ClF3N3O2. The number of aromatic nitrogens is 1. The first-order chi connectivity index (χ1) is 11.7. The zero-order chi connectivity index (χ0) is 18.4. The summed E-state index contributed by atoms with van der Waals surface area (Å²) in [5, 5.41) is 3.16. The van der Waals surface area contributed by atoms with Gasteiger partial charge in [-0.1, -0.05) is 23.7 Å². The third-order valence-electron chi connectivity index (χ3n) is 3.03. The lowest BCUT2D eigenvalue weighted by molar-refractivity contribution is -0.154. The van der Waals surface area contributed by atoms with E-state index in [-0.39, 0.29) is 5.88 Å². The summed E-state index contributed by atoms with van der Waals surface area (Å²) >= 11 is 5.90. The number of rotatable bonds is 5. The monoisotopic (exact) mass is 373 g/mol. The molecule has 0 aliphatic carbocycles. The van der Waals surface area contributed by atoms with Crippen LogP contribution in [0.1, 0.15) is 5.56 Å². The molecule has 0 fully saturated rings. The van der Waals surface area contributed by atoms with Gasteiger partial charge in [-0.2, -0.15) is 13.2 Å². The Labute approximate surface area is 147 Å². The first kappa shape index (κ1) is 18.9. The molecule has 0 spiro atoms. The SMILES string of the molecule is CN(Cc1cccc(Cl)c1)C(=O)Nc1ccc(OCC(F)(F)F)nc1. The molecule has 1 aromatic heterocycles. The van der Waals surface area contributed by atoms with Gasteiger partial charge in [0.25, 0.3) is 0 Å². The molecule has 9 heteroatoms. The molecule has 2 amide bonds. The Kier molecular flexibility index (Phi) is 6.08. The molecule has 134 valence electrons. The van der Waals surface area contributed by atoms with E-state index in [1.165, 1.54) is 23.2 Å². The highest BCUT2D eigenvalue weighted by molar-refractivity contribution is 6.30. The summed E-state index contributed by atoms with van der Waals surface area (Å²) in [6.45, 7) is -1.08. The van der Waals surface area contributed by atoms with Gasteiger partial charge in [0.05, 0.1) is 11.9 Å². The van der Waals surface area contributed by atoms with Crippen LogP contribution in [-0.4, -0.2) is 35.7 Å². The van der Waals surface area contributed by atoms with Crippen LogP contribution in [0, 0.1) is 0 Å². The molecule has 2 aromatic rings. The van der Waals surface area contributed by atoms with Gasteiger partial charge in [0.1, 0.15) is 0 Å². The quantitative estimate of drug-likeness (QED) is 0.848. The molecule has 5 nitrogen and oxygen atoms in total. The number of ether oxygens (including phenoxy) is 1. The fourth-order valence-corrected chi connectivity index (χ4v) is 2.11. The lowest BCUT2D eigenvalue weighted by Gasteiger charge is -2.18.